The maximum atomic E-state index is 13.0. The molecule has 0 fully saturated rings. The van der Waals surface area contributed by atoms with E-state index >= 15 is 0 Å². The quantitative estimate of drug-likeness (QED) is 0.0524. The van der Waals surface area contributed by atoms with Gasteiger partial charge in [-0.1, -0.05) is 212 Å². The van der Waals surface area contributed by atoms with Crippen molar-refractivity contribution in [2.24, 2.45) is 5.92 Å². The number of carbonyl (C=O) groups is 1. The maximum Gasteiger partial charge on any atom is 0.306 e. The fraction of sp³-hybridized carbons (Fsp3) is 0.295. The molecule has 0 aliphatic carbocycles. The first kappa shape index (κ1) is 48.2. The van der Waals surface area contributed by atoms with Crippen LogP contribution in [0.5, 0.6) is 0 Å². The van der Waals surface area contributed by atoms with Crippen molar-refractivity contribution in [1.29, 1.82) is 0 Å². The summed E-state index contributed by atoms with van der Waals surface area (Å²) in [5.41, 5.74) is 16.0. The SMILES string of the molecule is CCCCC(CC)COC(=O)CCSc1cc(CNCc2ccc(-c3ccccc3)cc2)ccc1-c1ccc(-c2ccc(CNCc3ccc(-c4ccccc4)cc3)cc2)c(C(C)(C)C)c1. The second-order valence-electron chi connectivity index (χ2n) is 18.6. The van der Waals surface area contributed by atoms with Crippen molar-refractivity contribution >= 4 is 17.7 Å². The van der Waals surface area contributed by atoms with E-state index in [0.29, 0.717) is 24.7 Å². The molecule has 1 atom stereocenters. The van der Waals surface area contributed by atoms with Gasteiger partial charge in [-0.05, 0) is 102 Å². The van der Waals surface area contributed by atoms with Crippen LogP contribution in [0.15, 0.2) is 175 Å². The molecule has 7 aromatic rings. The van der Waals surface area contributed by atoms with Crippen LogP contribution >= 0.6 is 11.8 Å². The van der Waals surface area contributed by atoms with Gasteiger partial charge in [0.05, 0.1) is 13.0 Å². The number of hydrogen-bond acceptors (Lipinski definition) is 5. The molecule has 1 unspecified atom stereocenters. The Morgan fingerprint density at radius 3 is 1.53 bits per heavy atom. The van der Waals surface area contributed by atoms with Crippen molar-refractivity contribution < 1.29 is 9.53 Å². The lowest BCUT2D eigenvalue weighted by atomic mass is 9.80. The van der Waals surface area contributed by atoms with Gasteiger partial charge in [-0.15, -0.1) is 11.8 Å². The predicted molar refractivity (Wildman–Crippen MR) is 280 cm³/mol. The van der Waals surface area contributed by atoms with Gasteiger partial charge in [-0.2, -0.15) is 0 Å². The number of rotatable bonds is 22. The minimum Gasteiger partial charge on any atom is -0.465 e. The first-order valence-corrected chi connectivity index (χ1v) is 25.0. The lowest BCUT2D eigenvalue weighted by Crippen LogP contribution is -2.14. The minimum absolute atomic E-state index is 0.0880. The van der Waals surface area contributed by atoms with Crippen LogP contribution in [0.1, 0.15) is 94.5 Å². The largest absolute Gasteiger partial charge is 0.465 e. The van der Waals surface area contributed by atoms with Gasteiger partial charge in [-0.25, -0.2) is 0 Å². The van der Waals surface area contributed by atoms with E-state index in [4.69, 9.17) is 4.74 Å². The number of esters is 1. The molecule has 4 nitrogen and oxygen atoms in total. The molecule has 7 aromatic carbocycles. The van der Waals surface area contributed by atoms with Crippen LogP contribution < -0.4 is 10.6 Å². The van der Waals surface area contributed by atoms with Crippen molar-refractivity contribution in [1.82, 2.24) is 10.6 Å². The first-order valence-electron chi connectivity index (χ1n) is 24.0. The zero-order valence-electron chi connectivity index (χ0n) is 39.7. The molecule has 0 spiro atoms. The number of benzene rings is 7. The average molecular weight is 893 g/mol. The highest BCUT2D eigenvalue weighted by atomic mass is 32.2. The van der Waals surface area contributed by atoms with E-state index < -0.39 is 0 Å². The Morgan fingerprint density at radius 1 is 0.545 bits per heavy atom. The van der Waals surface area contributed by atoms with E-state index in [0.717, 1.165) is 45.4 Å². The Hall–Kier alpha value is -5.72. The molecule has 2 N–H and O–H groups in total. The van der Waals surface area contributed by atoms with E-state index in [1.807, 2.05) is 0 Å². The second-order valence-corrected chi connectivity index (χ2v) is 19.7. The molecule has 66 heavy (non-hydrogen) atoms. The van der Waals surface area contributed by atoms with Gasteiger partial charge in [0.25, 0.3) is 0 Å². The van der Waals surface area contributed by atoms with Crippen molar-refractivity contribution in [3.05, 3.63) is 198 Å². The van der Waals surface area contributed by atoms with Crippen molar-refractivity contribution in [2.75, 3.05) is 12.4 Å². The van der Waals surface area contributed by atoms with Crippen LogP contribution in [0.3, 0.4) is 0 Å². The summed E-state index contributed by atoms with van der Waals surface area (Å²) in [6.07, 6.45) is 4.88. The number of nitrogens with one attached hydrogen (secondary N) is 2. The third kappa shape index (κ3) is 13.9. The molecule has 0 radical (unpaired) electrons. The molecule has 0 aromatic heterocycles. The van der Waals surface area contributed by atoms with E-state index in [-0.39, 0.29) is 11.4 Å². The Kier molecular flexibility index (Phi) is 17.7. The van der Waals surface area contributed by atoms with Crippen molar-refractivity contribution in [3.8, 4) is 44.5 Å². The van der Waals surface area contributed by atoms with Crippen LogP contribution in [-0.4, -0.2) is 18.3 Å². The van der Waals surface area contributed by atoms with Crippen LogP contribution in [0.2, 0.25) is 0 Å². The van der Waals surface area contributed by atoms with Crippen LogP contribution in [-0.2, 0) is 41.1 Å². The highest BCUT2D eigenvalue weighted by Gasteiger charge is 2.21. The number of thioether (sulfide) groups is 1. The molecule has 0 saturated heterocycles. The minimum atomic E-state index is -0.106. The normalized spacial score (nSPS) is 12.0. The lowest BCUT2D eigenvalue weighted by molar-refractivity contribution is -0.144. The summed E-state index contributed by atoms with van der Waals surface area (Å²) in [6, 6.07) is 61.5. The molecule has 0 bridgehead atoms. The molecule has 0 aliphatic heterocycles. The first-order chi connectivity index (χ1) is 32.2. The van der Waals surface area contributed by atoms with E-state index in [9.17, 15) is 4.79 Å². The summed E-state index contributed by atoms with van der Waals surface area (Å²) in [5.74, 6) is 0.993. The van der Waals surface area contributed by atoms with Gasteiger partial charge in [0.15, 0.2) is 0 Å². The summed E-state index contributed by atoms with van der Waals surface area (Å²) in [5, 5.41) is 7.32. The Bertz CT molecular complexity index is 2560. The number of ether oxygens (including phenoxy) is 1. The zero-order valence-corrected chi connectivity index (χ0v) is 40.6. The molecule has 0 heterocycles. The van der Waals surface area contributed by atoms with Gasteiger partial charge < -0.3 is 15.4 Å². The second kappa shape index (κ2) is 24.2. The molecule has 7 rings (SSSR count). The fourth-order valence-electron chi connectivity index (χ4n) is 8.44. The van der Waals surface area contributed by atoms with Gasteiger partial charge in [0, 0.05) is 36.8 Å². The lowest BCUT2D eigenvalue weighted by Gasteiger charge is -2.25. The topological polar surface area (TPSA) is 50.4 Å². The highest BCUT2D eigenvalue weighted by Crippen LogP contribution is 2.39. The Morgan fingerprint density at radius 2 is 1.02 bits per heavy atom. The van der Waals surface area contributed by atoms with Crippen LogP contribution in [0.25, 0.3) is 44.5 Å². The van der Waals surface area contributed by atoms with E-state index in [1.54, 1.807) is 11.8 Å². The standard InChI is InChI=1S/C61H68N2O2S/c1-6-8-15-45(7-2)44-65-60(64)36-37-66-59-38-49(43-63-42-47-22-29-53(30-23-47)51-18-13-10-14-19-51)26-34-57(59)55-33-35-56(58(39-55)61(3,4)5)54-31-24-48(25-32-54)41-62-40-46-20-27-52(28-21-46)50-16-11-9-12-17-50/h9-14,16-35,38-39,45,62-63H,6-8,15,36-37,40-44H2,1-5H3. The molecule has 0 amide bonds. The Labute approximate surface area is 399 Å². The van der Waals surface area contributed by atoms with Gasteiger partial charge in [0.2, 0.25) is 0 Å². The summed E-state index contributed by atoms with van der Waals surface area (Å²) in [7, 11) is 0. The molecular formula is C61H68N2O2S. The highest BCUT2D eigenvalue weighted by molar-refractivity contribution is 7.99. The van der Waals surface area contributed by atoms with Gasteiger partial charge in [0.1, 0.15) is 0 Å². The van der Waals surface area contributed by atoms with Gasteiger partial charge >= 0.3 is 5.97 Å². The molecule has 0 saturated carbocycles. The number of carbonyl (C=O) groups excluding carboxylic acids is 1. The fourth-order valence-corrected chi connectivity index (χ4v) is 9.50. The number of hydrogen-bond donors (Lipinski definition) is 2. The third-order valence-corrected chi connectivity index (χ3v) is 13.5. The summed E-state index contributed by atoms with van der Waals surface area (Å²) in [4.78, 5) is 14.2. The summed E-state index contributed by atoms with van der Waals surface area (Å²) >= 11 is 1.75. The maximum absolute atomic E-state index is 13.0. The monoisotopic (exact) mass is 893 g/mol. The number of unbranched alkanes of at least 4 members (excludes halogenated alkanes) is 1. The van der Waals surface area contributed by atoms with E-state index in [1.165, 1.54) is 83.6 Å². The predicted octanol–water partition coefficient (Wildman–Crippen LogP) is 15.5. The third-order valence-electron chi connectivity index (χ3n) is 12.5. The smallest absolute Gasteiger partial charge is 0.306 e. The summed E-state index contributed by atoms with van der Waals surface area (Å²) in [6.45, 7) is 15.0. The molecule has 5 heteroatoms. The van der Waals surface area contributed by atoms with Crippen LogP contribution in [0.4, 0.5) is 0 Å². The van der Waals surface area contributed by atoms with Gasteiger partial charge in [-0.3, -0.25) is 4.79 Å². The van der Waals surface area contributed by atoms with Crippen molar-refractivity contribution in [2.45, 2.75) is 103 Å². The average Bonchev–Trinajstić information content (AvgIpc) is 3.35. The van der Waals surface area contributed by atoms with E-state index in [2.05, 4.69) is 215 Å². The molecular weight excluding hydrogens is 825 g/mol. The van der Waals surface area contributed by atoms with Crippen molar-refractivity contribution in [3.63, 3.8) is 0 Å². The molecule has 0 aliphatic rings. The zero-order chi connectivity index (χ0) is 46.1. The summed E-state index contributed by atoms with van der Waals surface area (Å²) < 4.78 is 5.80. The van der Waals surface area contributed by atoms with Crippen LogP contribution in [0, 0.1) is 5.92 Å². The molecule has 340 valence electrons. The Balaban J connectivity index is 1.04.